The van der Waals surface area contributed by atoms with E-state index in [1.54, 1.807) is 0 Å². The second-order valence-corrected chi connectivity index (χ2v) is 6.47. The highest BCUT2D eigenvalue weighted by molar-refractivity contribution is 5.23. The van der Waals surface area contributed by atoms with Crippen LogP contribution in [0.2, 0.25) is 0 Å². The summed E-state index contributed by atoms with van der Waals surface area (Å²) < 4.78 is 0. The molecule has 2 saturated heterocycles. The van der Waals surface area contributed by atoms with E-state index >= 15 is 0 Å². The summed E-state index contributed by atoms with van der Waals surface area (Å²) in [6.45, 7) is 4.48. The molecule has 2 fully saturated rings. The Morgan fingerprint density at radius 3 is 2.20 bits per heavy atom. The van der Waals surface area contributed by atoms with E-state index in [-0.39, 0.29) is 0 Å². The van der Waals surface area contributed by atoms with Crippen molar-refractivity contribution in [2.24, 2.45) is 0 Å². The molecule has 2 aliphatic heterocycles. The van der Waals surface area contributed by atoms with Crippen molar-refractivity contribution in [3.63, 3.8) is 0 Å². The van der Waals surface area contributed by atoms with Gasteiger partial charge in [-0.3, -0.25) is 0 Å². The van der Waals surface area contributed by atoms with Gasteiger partial charge in [0.05, 0.1) is 5.60 Å². The first-order valence-electron chi connectivity index (χ1n) is 7.88. The van der Waals surface area contributed by atoms with Gasteiger partial charge in [-0.2, -0.15) is 0 Å². The number of benzene rings is 1. The minimum Gasteiger partial charge on any atom is -0.385 e. The monoisotopic (exact) mass is 274 g/mol. The maximum atomic E-state index is 10.9. The minimum absolute atomic E-state index is 0.608. The van der Waals surface area contributed by atoms with Crippen molar-refractivity contribution in [1.82, 2.24) is 9.80 Å². The van der Waals surface area contributed by atoms with Gasteiger partial charge in [0.2, 0.25) is 0 Å². The molecule has 0 spiro atoms. The maximum absolute atomic E-state index is 10.9. The first kappa shape index (κ1) is 14.1. The lowest BCUT2D eigenvalue weighted by molar-refractivity contribution is -0.0413. The molecule has 3 nitrogen and oxygen atoms in total. The third-order valence-electron chi connectivity index (χ3n) is 5.14. The van der Waals surface area contributed by atoms with Crippen molar-refractivity contribution in [2.75, 3.05) is 33.2 Å². The molecule has 0 radical (unpaired) electrons. The summed E-state index contributed by atoms with van der Waals surface area (Å²) >= 11 is 0. The fraction of sp³-hybridized carbons (Fsp3) is 0.647. The number of aliphatic hydroxyl groups is 1. The van der Waals surface area contributed by atoms with Gasteiger partial charge in [0.25, 0.3) is 0 Å². The average molecular weight is 274 g/mol. The lowest BCUT2D eigenvalue weighted by Crippen LogP contribution is -2.50. The van der Waals surface area contributed by atoms with Crippen LogP contribution in [0.3, 0.4) is 0 Å². The fourth-order valence-corrected chi connectivity index (χ4v) is 3.66. The van der Waals surface area contributed by atoms with Gasteiger partial charge in [0.15, 0.2) is 0 Å². The van der Waals surface area contributed by atoms with Crippen LogP contribution < -0.4 is 0 Å². The molecule has 20 heavy (non-hydrogen) atoms. The van der Waals surface area contributed by atoms with Crippen LogP contribution in [-0.2, 0) is 5.60 Å². The lowest BCUT2D eigenvalue weighted by Gasteiger charge is -2.44. The number of nitrogens with zero attached hydrogens (tertiary/aromatic N) is 2. The predicted octanol–water partition coefficient (Wildman–Crippen LogP) is 2.06. The Bertz CT molecular complexity index is 418. The SMILES string of the molecule is CN1CCC(N2CCC(O)(c3ccccc3)CC2)CC1. The van der Waals surface area contributed by atoms with E-state index in [1.165, 1.54) is 25.9 Å². The minimum atomic E-state index is -0.608. The third kappa shape index (κ3) is 2.90. The van der Waals surface area contributed by atoms with Crippen LogP contribution in [0.4, 0.5) is 0 Å². The smallest absolute Gasteiger partial charge is 0.0920 e. The number of rotatable bonds is 2. The largest absolute Gasteiger partial charge is 0.385 e. The standard InChI is InChI=1S/C17H26N2O/c1-18-11-7-16(8-12-18)19-13-9-17(20,10-14-19)15-5-3-2-4-6-15/h2-6,16,20H,7-14H2,1H3. The summed E-state index contributed by atoms with van der Waals surface area (Å²) in [5.41, 5.74) is 0.478. The highest BCUT2D eigenvalue weighted by Crippen LogP contribution is 2.34. The molecule has 1 aromatic carbocycles. The van der Waals surface area contributed by atoms with Crippen molar-refractivity contribution < 1.29 is 5.11 Å². The van der Waals surface area contributed by atoms with Gasteiger partial charge >= 0.3 is 0 Å². The third-order valence-corrected chi connectivity index (χ3v) is 5.14. The Balaban J connectivity index is 1.59. The van der Waals surface area contributed by atoms with Crippen molar-refractivity contribution in [3.8, 4) is 0 Å². The Morgan fingerprint density at radius 2 is 1.60 bits per heavy atom. The molecule has 2 aliphatic rings. The van der Waals surface area contributed by atoms with Crippen molar-refractivity contribution in [2.45, 2.75) is 37.3 Å². The van der Waals surface area contributed by atoms with E-state index in [1.807, 2.05) is 18.2 Å². The molecule has 0 bridgehead atoms. The van der Waals surface area contributed by atoms with Crippen LogP contribution in [0.15, 0.2) is 30.3 Å². The molecule has 1 N–H and O–H groups in total. The van der Waals surface area contributed by atoms with Crippen LogP contribution in [0.5, 0.6) is 0 Å². The van der Waals surface area contributed by atoms with E-state index in [2.05, 4.69) is 29.0 Å². The van der Waals surface area contributed by atoms with Gasteiger partial charge in [0, 0.05) is 19.1 Å². The molecular weight excluding hydrogens is 248 g/mol. The van der Waals surface area contributed by atoms with Crippen LogP contribution >= 0.6 is 0 Å². The summed E-state index contributed by atoms with van der Waals surface area (Å²) in [6.07, 6.45) is 4.28. The Morgan fingerprint density at radius 1 is 1.00 bits per heavy atom. The van der Waals surface area contributed by atoms with E-state index in [9.17, 15) is 5.11 Å². The topological polar surface area (TPSA) is 26.7 Å². The zero-order valence-electron chi connectivity index (χ0n) is 12.5. The first-order chi connectivity index (χ1) is 9.67. The molecule has 0 aromatic heterocycles. The quantitative estimate of drug-likeness (QED) is 0.894. The molecule has 3 rings (SSSR count). The van der Waals surface area contributed by atoms with Gasteiger partial charge in [0.1, 0.15) is 0 Å². The van der Waals surface area contributed by atoms with Gasteiger partial charge in [-0.1, -0.05) is 30.3 Å². The van der Waals surface area contributed by atoms with Crippen LogP contribution in [0.25, 0.3) is 0 Å². The highest BCUT2D eigenvalue weighted by Gasteiger charge is 2.36. The second-order valence-electron chi connectivity index (χ2n) is 6.47. The van der Waals surface area contributed by atoms with Gasteiger partial charge < -0.3 is 14.9 Å². The molecule has 2 heterocycles. The molecule has 110 valence electrons. The van der Waals surface area contributed by atoms with Crippen LogP contribution in [-0.4, -0.2) is 54.2 Å². The van der Waals surface area contributed by atoms with Crippen LogP contribution in [0.1, 0.15) is 31.2 Å². The lowest BCUT2D eigenvalue weighted by atomic mass is 9.83. The van der Waals surface area contributed by atoms with Crippen molar-refractivity contribution >= 4 is 0 Å². The molecule has 0 unspecified atom stereocenters. The fourth-order valence-electron chi connectivity index (χ4n) is 3.66. The van der Waals surface area contributed by atoms with E-state index < -0.39 is 5.60 Å². The normalized spacial score (nSPS) is 25.7. The molecule has 1 aromatic rings. The molecule has 0 atom stereocenters. The summed E-state index contributed by atoms with van der Waals surface area (Å²) in [4.78, 5) is 5.02. The average Bonchev–Trinajstić information content (AvgIpc) is 2.50. The van der Waals surface area contributed by atoms with Crippen molar-refractivity contribution in [3.05, 3.63) is 35.9 Å². The predicted molar refractivity (Wildman–Crippen MR) is 81.7 cm³/mol. The summed E-state index contributed by atoms with van der Waals surface area (Å²) in [6, 6.07) is 10.9. The number of hydrogen-bond acceptors (Lipinski definition) is 3. The Kier molecular flexibility index (Phi) is 4.11. The van der Waals surface area contributed by atoms with Gasteiger partial charge in [-0.15, -0.1) is 0 Å². The highest BCUT2D eigenvalue weighted by atomic mass is 16.3. The number of piperidine rings is 2. The maximum Gasteiger partial charge on any atom is 0.0920 e. The molecule has 0 saturated carbocycles. The summed E-state index contributed by atoms with van der Waals surface area (Å²) in [5, 5.41) is 10.9. The Hall–Kier alpha value is -0.900. The summed E-state index contributed by atoms with van der Waals surface area (Å²) in [5.74, 6) is 0. The van der Waals surface area contributed by atoms with Gasteiger partial charge in [-0.25, -0.2) is 0 Å². The molecule has 0 amide bonds. The second kappa shape index (κ2) is 5.84. The van der Waals surface area contributed by atoms with E-state index in [4.69, 9.17) is 0 Å². The van der Waals surface area contributed by atoms with Crippen LogP contribution in [0, 0.1) is 0 Å². The zero-order chi connectivity index (χ0) is 14.0. The molecule has 3 heteroatoms. The Labute approximate surface area is 122 Å². The van der Waals surface area contributed by atoms with Crippen molar-refractivity contribution in [1.29, 1.82) is 0 Å². The van der Waals surface area contributed by atoms with E-state index in [0.29, 0.717) is 0 Å². The number of likely N-dealkylation sites (tertiary alicyclic amines) is 2. The summed E-state index contributed by atoms with van der Waals surface area (Å²) in [7, 11) is 2.21. The van der Waals surface area contributed by atoms with E-state index in [0.717, 1.165) is 37.5 Å². The first-order valence-corrected chi connectivity index (χ1v) is 7.88. The molecular formula is C17H26N2O. The van der Waals surface area contributed by atoms with Gasteiger partial charge in [-0.05, 0) is 51.4 Å². The number of hydrogen-bond donors (Lipinski definition) is 1. The molecule has 0 aliphatic carbocycles. The zero-order valence-corrected chi connectivity index (χ0v) is 12.5.